The first kappa shape index (κ1) is 26.6. The first-order valence-electron chi connectivity index (χ1n) is 14.5. The summed E-state index contributed by atoms with van der Waals surface area (Å²) in [6.07, 6.45) is 4.70. The van der Waals surface area contributed by atoms with Gasteiger partial charge in [-0.05, 0) is 55.2 Å². The Balaban J connectivity index is 0.967. The number of fused-ring (bicyclic) bond motifs is 3. The maximum atomic E-state index is 11.1. The van der Waals surface area contributed by atoms with Crippen LogP contribution in [0.4, 0.5) is 5.82 Å². The van der Waals surface area contributed by atoms with E-state index in [0.29, 0.717) is 41.0 Å². The van der Waals surface area contributed by atoms with Gasteiger partial charge >= 0.3 is 0 Å². The number of nitrogens with two attached hydrogens (primary N) is 1. The number of rotatable bonds is 5. The number of hydrogen-bond donors (Lipinski definition) is 4. The van der Waals surface area contributed by atoms with Crippen LogP contribution in [0.3, 0.4) is 0 Å². The number of nitrogen functional groups attached to an aromatic ring is 1. The summed E-state index contributed by atoms with van der Waals surface area (Å²) >= 11 is 0. The van der Waals surface area contributed by atoms with E-state index in [1.54, 1.807) is 10.9 Å². The van der Waals surface area contributed by atoms with Gasteiger partial charge in [-0.2, -0.15) is 0 Å². The van der Waals surface area contributed by atoms with E-state index in [1.807, 2.05) is 6.07 Å². The minimum atomic E-state index is -0.852. The number of phenols is 1. The number of benzene rings is 1. The Morgan fingerprint density at radius 2 is 1.93 bits per heavy atom. The number of nitrogens with one attached hydrogen (secondary N) is 1. The number of aromatic nitrogens is 6. The third-order valence-corrected chi connectivity index (χ3v) is 9.13. The van der Waals surface area contributed by atoms with Gasteiger partial charge in [-0.15, -0.1) is 0 Å². The molecule has 0 bridgehead atoms. The zero-order valence-corrected chi connectivity index (χ0v) is 23.9. The number of aryl methyl sites for hydroxylation is 1. The predicted molar refractivity (Wildman–Crippen MR) is 152 cm³/mol. The van der Waals surface area contributed by atoms with Crippen molar-refractivity contribution in [1.82, 2.24) is 34.4 Å². The van der Waals surface area contributed by atoms with E-state index in [0.717, 1.165) is 42.6 Å². The van der Waals surface area contributed by atoms with Crippen molar-refractivity contribution in [3.8, 4) is 5.75 Å². The highest BCUT2D eigenvalue weighted by Crippen LogP contribution is 2.42. The van der Waals surface area contributed by atoms with Crippen molar-refractivity contribution in [1.29, 1.82) is 0 Å². The molecule has 3 aliphatic rings. The molecular formula is C29H38N8O4. The van der Waals surface area contributed by atoms with E-state index in [-0.39, 0.29) is 23.5 Å². The minimum Gasteiger partial charge on any atom is -0.506 e. The highest BCUT2D eigenvalue weighted by molar-refractivity contribution is 5.83. The molecular weight excluding hydrogens is 524 g/mol. The number of ether oxygens (including phenoxy) is 2. The molecule has 7 rings (SSSR count). The van der Waals surface area contributed by atoms with Gasteiger partial charge in [0.15, 0.2) is 17.7 Å². The van der Waals surface area contributed by atoms with E-state index in [2.05, 4.69) is 63.6 Å². The lowest BCUT2D eigenvalue weighted by molar-refractivity contribution is -0.199. The van der Waals surface area contributed by atoms with Crippen LogP contribution in [-0.4, -0.2) is 81.7 Å². The standard InChI is InChI=1S/C29H38N8O4/c1-14-36(11-20-25(40-14)24(39)28(41-20)37-13-33-23-26(30)31-12-32-27(23)37)17-7-15(8-17)5-6-21-34-18-9-16(29(2,3)4)10-19(38)22(18)35-21/h9-10,12-15,17,20,24-25,28,38-39H,5-8,11H2,1-4H3,(H,34,35)(H2,30,31,32)/t14?,15?,17?,20-,24-,25-,28-/m1/s1. The van der Waals surface area contributed by atoms with E-state index < -0.39 is 18.4 Å². The lowest BCUT2D eigenvalue weighted by Crippen LogP contribution is -2.59. The van der Waals surface area contributed by atoms with E-state index in [9.17, 15) is 10.2 Å². The number of imidazole rings is 2. The molecule has 5 heterocycles. The zero-order valence-electron chi connectivity index (χ0n) is 23.9. The molecule has 2 saturated heterocycles. The first-order valence-corrected chi connectivity index (χ1v) is 14.5. The summed E-state index contributed by atoms with van der Waals surface area (Å²) in [5.74, 6) is 2.04. The van der Waals surface area contributed by atoms with Gasteiger partial charge in [0, 0.05) is 19.0 Å². The van der Waals surface area contributed by atoms with Crippen molar-refractivity contribution in [3.63, 3.8) is 0 Å². The number of H-pyrrole nitrogens is 1. The Bertz CT molecular complexity index is 1590. The van der Waals surface area contributed by atoms with Crippen LogP contribution in [0.25, 0.3) is 22.2 Å². The maximum absolute atomic E-state index is 11.1. The molecule has 12 nitrogen and oxygen atoms in total. The number of anilines is 1. The second-order valence-corrected chi connectivity index (χ2v) is 12.9. The van der Waals surface area contributed by atoms with Crippen molar-refractivity contribution in [2.45, 2.75) is 95.6 Å². The molecule has 5 N–H and O–H groups in total. The van der Waals surface area contributed by atoms with Crippen molar-refractivity contribution >= 4 is 28.0 Å². The normalized spacial score (nSPS) is 30.6. The molecule has 2 aliphatic heterocycles. The van der Waals surface area contributed by atoms with Gasteiger partial charge in [-0.25, -0.2) is 19.9 Å². The summed E-state index contributed by atoms with van der Waals surface area (Å²) in [7, 11) is 0. The minimum absolute atomic E-state index is 0.0485. The largest absolute Gasteiger partial charge is 0.506 e. The monoisotopic (exact) mass is 562 g/mol. The third-order valence-electron chi connectivity index (χ3n) is 9.13. The molecule has 1 aliphatic carbocycles. The highest BCUT2D eigenvalue weighted by Gasteiger charge is 2.52. The second kappa shape index (κ2) is 9.62. The Hall–Kier alpha value is -3.32. The molecule has 12 heteroatoms. The summed E-state index contributed by atoms with van der Waals surface area (Å²) in [5.41, 5.74) is 9.53. The van der Waals surface area contributed by atoms with Crippen LogP contribution in [-0.2, 0) is 21.3 Å². The number of aromatic hydroxyl groups is 1. The third kappa shape index (κ3) is 4.53. The second-order valence-electron chi connectivity index (χ2n) is 12.9. The molecule has 0 spiro atoms. The van der Waals surface area contributed by atoms with Gasteiger partial charge in [0.05, 0.1) is 11.8 Å². The van der Waals surface area contributed by atoms with E-state index in [4.69, 9.17) is 15.2 Å². The van der Waals surface area contributed by atoms with Crippen LogP contribution in [0.1, 0.15) is 64.6 Å². The van der Waals surface area contributed by atoms with E-state index in [1.165, 1.54) is 6.33 Å². The number of hydrogen-bond acceptors (Lipinski definition) is 10. The average molecular weight is 563 g/mol. The quantitative estimate of drug-likeness (QED) is 0.285. The van der Waals surface area contributed by atoms with Crippen molar-refractivity contribution < 1.29 is 19.7 Å². The highest BCUT2D eigenvalue weighted by atomic mass is 16.6. The molecule has 1 saturated carbocycles. The lowest BCUT2D eigenvalue weighted by Gasteiger charge is -2.49. The van der Waals surface area contributed by atoms with Gasteiger partial charge in [0.2, 0.25) is 0 Å². The van der Waals surface area contributed by atoms with Gasteiger partial charge < -0.3 is 30.4 Å². The fourth-order valence-corrected chi connectivity index (χ4v) is 6.68. The number of aromatic amines is 1. The summed E-state index contributed by atoms with van der Waals surface area (Å²) in [6.45, 7) is 9.16. The van der Waals surface area contributed by atoms with Crippen molar-refractivity contribution in [2.24, 2.45) is 5.92 Å². The molecule has 3 fully saturated rings. The van der Waals surface area contributed by atoms with Crippen molar-refractivity contribution in [2.75, 3.05) is 12.3 Å². The van der Waals surface area contributed by atoms with Crippen LogP contribution in [0.5, 0.6) is 5.75 Å². The van der Waals surface area contributed by atoms with Crippen LogP contribution >= 0.6 is 0 Å². The molecule has 0 amide bonds. The maximum Gasteiger partial charge on any atom is 0.167 e. The first-order chi connectivity index (χ1) is 19.6. The van der Waals surface area contributed by atoms with Gasteiger partial charge in [0.1, 0.15) is 53.5 Å². The smallest absolute Gasteiger partial charge is 0.167 e. The predicted octanol–water partition coefficient (Wildman–Crippen LogP) is 3.00. The molecule has 218 valence electrons. The Morgan fingerprint density at radius 1 is 1.12 bits per heavy atom. The number of aliphatic hydroxyl groups is 1. The average Bonchev–Trinajstić information content (AvgIpc) is 3.59. The molecule has 1 unspecified atom stereocenters. The number of phenolic OH excluding ortho intramolecular Hbond substituents is 1. The molecule has 5 atom stereocenters. The van der Waals surface area contributed by atoms with Crippen LogP contribution in [0.2, 0.25) is 0 Å². The van der Waals surface area contributed by atoms with Gasteiger partial charge in [-0.3, -0.25) is 9.47 Å². The molecule has 1 aromatic carbocycles. The molecule has 41 heavy (non-hydrogen) atoms. The van der Waals surface area contributed by atoms with Gasteiger partial charge in [0.25, 0.3) is 0 Å². The Morgan fingerprint density at radius 3 is 2.71 bits per heavy atom. The van der Waals surface area contributed by atoms with Crippen LogP contribution in [0.15, 0.2) is 24.8 Å². The summed E-state index contributed by atoms with van der Waals surface area (Å²) in [4.78, 5) is 23.1. The SMILES string of the molecule is CC1O[C@H]2[C@@H](O)[C@H](n3cnc4c(N)ncnc43)O[C@@H]2CN1C1CC(CCc2nc3c(O)cc(C(C)(C)C)cc3[nH]2)C1. The fraction of sp³-hybridized carbons (Fsp3) is 0.586. The molecule has 4 aromatic rings. The lowest BCUT2D eigenvalue weighted by atomic mass is 9.76. The van der Waals surface area contributed by atoms with Crippen LogP contribution < -0.4 is 5.73 Å². The fourth-order valence-electron chi connectivity index (χ4n) is 6.68. The molecule has 3 aromatic heterocycles. The van der Waals surface area contributed by atoms with Gasteiger partial charge in [-0.1, -0.05) is 20.8 Å². The molecule has 0 radical (unpaired) electrons. The summed E-state index contributed by atoms with van der Waals surface area (Å²) in [6, 6.07) is 4.33. The topological polar surface area (TPSA) is 160 Å². The van der Waals surface area contributed by atoms with Crippen molar-refractivity contribution in [3.05, 3.63) is 36.2 Å². The zero-order chi connectivity index (χ0) is 28.6. The van der Waals surface area contributed by atoms with Crippen LogP contribution in [0, 0.1) is 5.92 Å². The number of nitrogens with zero attached hydrogens (tertiary/aromatic N) is 6. The number of aliphatic hydroxyl groups excluding tert-OH is 1. The summed E-state index contributed by atoms with van der Waals surface area (Å²) < 4.78 is 14.4. The summed E-state index contributed by atoms with van der Waals surface area (Å²) in [5, 5.41) is 21.7. The Kier molecular flexibility index (Phi) is 6.23. The van der Waals surface area contributed by atoms with E-state index >= 15 is 0 Å². The Labute approximate surface area is 237 Å².